The van der Waals surface area contributed by atoms with Crippen molar-refractivity contribution in [2.24, 2.45) is 11.8 Å². The summed E-state index contributed by atoms with van der Waals surface area (Å²) in [5, 5.41) is 14.6. The largest absolute Gasteiger partial charge is 0.337 e. The van der Waals surface area contributed by atoms with Gasteiger partial charge in [-0.3, -0.25) is 19.5 Å². The number of carbonyl (C=O) groups excluding carboxylic acids is 3. The summed E-state index contributed by atoms with van der Waals surface area (Å²) in [6.07, 6.45) is -1.33. The molecule has 1 aliphatic carbocycles. The highest BCUT2D eigenvalue weighted by Crippen LogP contribution is 2.47. The summed E-state index contributed by atoms with van der Waals surface area (Å²) in [5.41, 5.74) is -1.34. The molecule has 0 radical (unpaired) electrons. The van der Waals surface area contributed by atoms with E-state index >= 15 is 0 Å². The van der Waals surface area contributed by atoms with Gasteiger partial charge >= 0.3 is 11.8 Å². The highest BCUT2D eigenvalue weighted by molar-refractivity contribution is 6.35. The van der Waals surface area contributed by atoms with Crippen molar-refractivity contribution in [1.29, 1.82) is 0 Å². The zero-order valence-corrected chi connectivity index (χ0v) is 18.3. The summed E-state index contributed by atoms with van der Waals surface area (Å²) in [7, 11) is 0. The normalized spacial score (nSPS) is 25.9. The van der Waals surface area contributed by atoms with Crippen LogP contribution in [0.1, 0.15) is 31.9 Å². The van der Waals surface area contributed by atoms with Crippen molar-refractivity contribution in [2.45, 2.75) is 44.2 Å². The van der Waals surface area contributed by atoms with Crippen LogP contribution in [0.15, 0.2) is 18.3 Å². The molecule has 2 fully saturated rings. The topological polar surface area (TPSA) is 120 Å². The Bertz CT molecular complexity index is 1120. The Hall–Kier alpha value is -3.58. The van der Waals surface area contributed by atoms with Gasteiger partial charge in [0.1, 0.15) is 5.69 Å². The predicted molar refractivity (Wildman–Crippen MR) is 109 cm³/mol. The predicted octanol–water partition coefficient (Wildman–Crippen LogP) is 2.08. The van der Waals surface area contributed by atoms with E-state index in [1.165, 1.54) is 13.1 Å². The molecule has 1 aliphatic heterocycles. The number of rotatable bonds is 5. The van der Waals surface area contributed by atoms with Crippen LogP contribution in [-0.4, -0.2) is 57.0 Å². The number of benzene rings is 1. The Kier molecular flexibility index (Phi) is 6.47. The molecule has 35 heavy (non-hydrogen) atoms. The third kappa shape index (κ3) is 4.56. The lowest BCUT2D eigenvalue weighted by atomic mass is 9.66. The maximum Gasteiger partial charge on any atom is 0.312 e. The summed E-state index contributed by atoms with van der Waals surface area (Å²) < 4.78 is 66.1. The van der Waals surface area contributed by atoms with E-state index in [4.69, 9.17) is 0 Å². The summed E-state index contributed by atoms with van der Waals surface area (Å²) in [6, 6.07) is 0.489. The number of nitrogens with zero attached hydrogens (tertiary/aromatic N) is 3. The number of nitrogens with one attached hydrogen (secondary N) is 3. The van der Waals surface area contributed by atoms with Gasteiger partial charge in [-0.1, -0.05) is 5.21 Å². The fourth-order valence-corrected chi connectivity index (χ4v) is 4.67. The highest BCUT2D eigenvalue weighted by Gasteiger charge is 2.53. The van der Waals surface area contributed by atoms with Gasteiger partial charge < -0.3 is 15.5 Å². The van der Waals surface area contributed by atoms with Crippen molar-refractivity contribution in [3.05, 3.63) is 41.5 Å². The third-order valence-electron chi connectivity index (χ3n) is 6.64. The van der Waals surface area contributed by atoms with Crippen molar-refractivity contribution in [1.82, 2.24) is 25.6 Å². The molecule has 2 atom stereocenters. The molecule has 188 valence electrons. The summed E-state index contributed by atoms with van der Waals surface area (Å²) in [4.78, 5) is 39.4. The first-order chi connectivity index (χ1) is 16.5. The first kappa shape index (κ1) is 24.5. The quantitative estimate of drug-likeness (QED) is 0.330. The minimum atomic E-state index is -2.59. The molecule has 1 saturated carbocycles. The molecule has 0 spiro atoms. The van der Waals surface area contributed by atoms with Crippen molar-refractivity contribution >= 4 is 23.4 Å². The average molecular weight is 500 g/mol. The smallest absolute Gasteiger partial charge is 0.312 e. The minimum Gasteiger partial charge on any atom is -0.337 e. The number of anilines is 1. The van der Waals surface area contributed by atoms with Crippen LogP contribution in [0.3, 0.4) is 0 Å². The highest BCUT2D eigenvalue weighted by atomic mass is 19.3. The molecule has 1 saturated heterocycles. The van der Waals surface area contributed by atoms with Crippen LogP contribution in [-0.2, 0) is 19.9 Å². The summed E-state index contributed by atoms with van der Waals surface area (Å²) in [6.45, 7) is 1.56. The molecule has 2 aliphatic rings. The number of aromatic nitrogens is 3. The van der Waals surface area contributed by atoms with Gasteiger partial charge in [-0.15, -0.1) is 5.10 Å². The van der Waals surface area contributed by atoms with Crippen molar-refractivity contribution in [3.8, 4) is 0 Å². The Morgan fingerprint density at radius 2 is 1.83 bits per heavy atom. The van der Waals surface area contributed by atoms with Gasteiger partial charge in [0.25, 0.3) is 0 Å². The molecular weight excluding hydrogens is 479 g/mol. The SMILES string of the molecule is C[C@H]1[C@@H](C(=O)Nc2cc(F)c(F)c(F)c2)CCN1C(=O)C(=O)N[C@]1(c2c[nH]nn2)C[C@H](C(F)F)C1. The third-order valence-corrected chi connectivity index (χ3v) is 6.64. The summed E-state index contributed by atoms with van der Waals surface area (Å²) >= 11 is 0. The second kappa shape index (κ2) is 9.23. The first-order valence-corrected chi connectivity index (χ1v) is 10.8. The lowest BCUT2D eigenvalue weighted by Gasteiger charge is -2.46. The van der Waals surface area contributed by atoms with E-state index in [1.54, 1.807) is 0 Å². The van der Waals surface area contributed by atoms with Crippen molar-refractivity contribution < 1.29 is 36.3 Å². The molecular formula is C21H21F5N6O3. The van der Waals surface area contributed by atoms with E-state index in [1.807, 2.05) is 0 Å². The lowest BCUT2D eigenvalue weighted by Crippen LogP contribution is -2.59. The van der Waals surface area contributed by atoms with E-state index in [2.05, 4.69) is 26.0 Å². The maximum atomic E-state index is 13.4. The van der Waals surface area contributed by atoms with E-state index < -0.39 is 65.0 Å². The van der Waals surface area contributed by atoms with Gasteiger partial charge in [-0.25, -0.2) is 22.0 Å². The molecule has 1 aromatic carbocycles. The molecule has 2 aromatic rings. The molecule has 0 bridgehead atoms. The van der Waals surface area contributed by atoms with Crippen LogP contribution < -0.4 is 10.6 Å². The number of hydrogen-bond donors (Lipinski definition) is 3. The maximum absolute atomic E-state index is 13.4. The monoisotopic (exact) mass is 500 g/mol. The molecule has 0 unspecified atom stereocenters. The Balaban J connectivity index is 1.41. The molecule has 3 amide bonds. The van der Waals surface area contributed by atoms with Crippen LogP contribution >= 0.6 is 0 Å². The number of hydrogen-bond acceptors (Lipinski definition) is 5. The Labute approximate surface area is 195 Å². The minimum absolute atomic E-state index is 0.0360. The van der Waals surface area contributed by atoms with Crippen LogP contribution in [0.2, 0.25) is 0 Å². The van der Waals surface area contributed by atoms with Crippen LogP contribution in [0, 0.1) is 29.3 Å². The zero-order chi connectivity index (χ0) is 25.5. The molecule has 14 heteroatoms. The van der Waals surface area contributed by atoms with E-state index in [9.17, 15) is 36.3 Å². The van der Waals surface area contributed by atoms with Crippen molar-refractivity contribution in [3.63, 3.8) is 0 Å². The van der Waals surface area contributed by atoms with E-state index in [0.29, 0.717) is 12.1 Å². The Morgan fingerprint density at radius 3 is 2.40 bits per heavy atom. The molecule has 1 aromatic heterocycles. The van der Waals surface area contributed by atoms with E-state index in [0.717, 1.165) is 4.90 Å². The fraction of sp³-hybridized carbons (Fsp3) is 0.476. The zero-order valence-electron chi connectivity index (χ0n) is 18.3. The first-order valence-electron chi connectivity index (χ1n) is 10.8. The van der Waals surface area contributed by atoms with Gasteiger partial charge in [0.05, 0.1) is 11.5 Å². The molecule has 2 heterocycles. The molecule has 9 nitrogen and oxygen atoms in total. The standard InChI is InChI=1S/C21H21F5N6O3/c1-9-12(18(33)28-11-4-13(22)16(24)14(23)5-11)2-3-32(9)20(35)19(34)29-21(15-8-27-31-30-15)6-10(7-21)17(25)26/h4-5,8-10,12,17H,2-3,6-7H2,1H3,(H,28,33)(H,29,34)(H,27,30,31)/t9-,10-,12-,21+/m0/s1. The number of H-pyrrole nitrogens is 1. The number of likely N-dealkylation sites (tertiary alicyclic amines) is 1. The second-order valence-corrected chi connectivity index (χ2v) is 8.78. The molecule has 3 N–H and O–H groups in total. The lowest BCUT2D eigenvalue weighted by molar-refractivity contribution is -0.149. The van der Waals surface area contributed by atoms with Crippen molar-refractivity contribution in [2.75, 3.05) is 11.9 Å². The van der Waals surface area contributed by atoms with Gasteiger partial charge in [0.15, 0.2) is 17.5 Å². The van der Waals surface area contributed by atoms with Crippen LogP contribution in [0.5, 0.6) is 0 Å². The second-order valence-electron chi connectivity index (χ2n) is 8.78. The number of carbonyl (C=O) groups is 3. The fourth-order valence-electron chi connectivity index (χ4n) is 4.67. The average Bonchev–Trinajstić information content (AvgIpc) is 3.43. The van der Waals surface area contributed by atoms with Crippen LogP contribution in [0.4, 0.5) is 27.6 Å². The van der Waals surface area contributed by atoms with Gasteiger partial charge in [0, 0.05) is 42.5 Å². The summed E-state index contributed by atoms with van der Waals surface area (Å²) in [5.74, 6) is -9.09. The van der Waals surface area contributed by atoms with E-state index in [-0.39, 0.29) is 37.2 Å². The number of aromatic amines is 1. The van der Waals surface area contributed by atoms with Gasteiger partial charge in [-0.2, -0.15) is 0 Å². The van der Waals surface area contributed by atoms with Gasteiger partial charge in [-0.05, 0) is 26.2 Å². The number of halogens is 5. The van der Waals surface area contributed by atoms with Gasteiger partial charge in [0.2, 0.25) is 12.3 Å². The molecule has 4 rings (SSSR count). The van der Waals surface area contributed by atoms with Crippen LogP contribution in [0.25, 0.3) is 0 Å². The number of amides is 3. The number of alkyl halides is 2. The Morgan fingerprint density at radius 1 is 1.17 bits per heavy atom.